The lowest BCUT2D eigenvalue weighted by Crippen LogP contribution is -2.60. The zero-order chi connectivity index (χ0) is 46.1. The first-order chi connectivity index (χ1) is 30.6. The van der Waals surface area contributed by atoms with Gasteiger partial charge >= 0.3 is 16.4 Å². The van der Waals surface area contributed by atoms with E-state index in [0.29, 0.717) is 13.0 Å². The van der Waals surface area contributed by atoms with Gasteiger partial charge in [0.25, 0.3) is 0 Å². The predicted octanol–water partition coefficient (Wildman–Crippen LogP) is 11.6. The second-order valence-corrected chi connectivity index (χ2v) is 18.8. The fraction of sp³-hybridized carbons (Fsp3) is 0.900. The summed E-state index contributed by atoms with van der Waals surface area (Å²) in [6.07, 6.45) is 39.2. The van der Waals surface area contributed by atoms with Crippen LogP contribution in [0.4, 0.5) is 0 Å². The predicted molar refractivity (Wildman–Crippen MR) is 253 cm³/mol. The van der Waals surface area contributed by atoms with Crippen molar-refractivity contribution in [1.82, 2.24) is 0 Å². The molecule has 1 aliphatic heterocycles. The minimum Gasteiger partial charge on any atom is -0.457 e. The number of carbonyl (C=O) groups excluding carboxylic acids is 1. The van der Waals surface area contributed by atoms with Crippen LogP contribution in [-0.4, -0.2) is 97.5 Å². The summed E-state index contributed by atoms with van der Waals surface area (Å²) < 4.78 is 59.2. The summed E-state index contributed by atoms with van der Waals surface area (Å²) in [5.74, 6) is -0.400. The molecule has 0 saturated carbocycles. The fourth-order valence-corrected chi connectivity index (χ4v) is 8.45. The van der Waals surface area contributed by atoms with Gasteiger partial charge in [0.05, 0.1) is 19.8 Å². The zero-order valence-corrected chi connectivity index (χ0v) is 40.7. The van der Waals surface area contributed by atoms with Gasteiger partial charge in [-0.25, -0.2) is 4.18 Å². The van der Waals surface area contributed by atoms with Gasteiger partial charge in [0.15, 0.2) is 6.29 Å². The molecule has 0 radical (unpaired) electrons. The van der Waals surface area contributed by atoms with E-state index in [9.17, 15) is 33.1 Å². The van der Waals surface area contributed by atoms with Crippen LogP contribution in [0.25, 0.3) is 0 Å². The molecule has 6 unspecified atom stereocenters. The highest BCUT2D eigenvalue weighted by atomic mass is 32.3. The summed E-state index contributed by atoms with van der Waals surface area (Å²) >= 11 is 0. The topological polar surface area (TPSA) is 178 Å². The first-order valence-corrected chi connectivity index (χ1v) is 27.0. The van der Waals surface area contributed by atoms with Gasteiger partial charge in [-0.15, -0.1) is 0 Å². The average molecular weight is 919 g/mol. The number of hydrogen-bond acceptors (Lipinski definition) is 11. The van der Waals surface area contributed by atoms with E-state index in [1.54, 1.807) is 0 Å². The van der Waals surface area contributed by atoms with Gasteiger partial charge in [-0.3, -0.25) is 9.35 Å². The van der Waals surface area contributed by atoms with Crippen molar-refractivity contribution in [3.63, 3.8) is 0 Å². The highest BCUT2D eigenvalue weighted by molar-refractivity contribution is 7.80. The quantitative estimate of drug-likeness (QED) is 0.0197. The molecule has 13 heteroatoms. The number of esters is 1. The van der Waals surface area contributed by atoms with Crippen LogP contribution in [0.1, 0.15) is 226 Å². The third kappa shape index (κ3) is 35.4. The molecule has 1 aliphatic rings. The van der Waals surface area contributed by atoms with E-state index >= 15 is 0 Å². The lowest BCUT2D eigenvalue weighted by molar-refractivity contribution is -0.301. The molecule has 0 amide bonds. The Kier molecular flexibility index (Phi) is 39.7. The molecule has 0 aliphatic carbocycles. The van der Waals surface area contributed by atoms with Crippen molar-refractivity contribution >= 4 is 16.4 Å². The maximum absolute atomic E-state index is 12.9. The van der Waals surface area contributed by atoms with Crippen LogP contribution in [-0.2, 0) is 38.3 Å². The van der Waals surface area contributed by atoms with Crippen LogP contribution < -0.4 is 0 Å². The summed E-state index contributed by atoms with van der Waals surface area (Å²) in [7, 11) is -5.06. The van der Waals surface area contributed by atoms with Crippen LogP contribution in [0.3, 0.4) is 0 Å². The molecule has 1 fully saturated rings. The normalized spacial score (nSPS) is 20.0. The third-order valence-corrected chi connectivity index (χ3v) is 12.3. The van der Waals surface area contributed by atoms with Crippen molar-refractivity contribution in [2.24, 2.45) is 0 Å². The van der Waals surface area contributed by atoms with Crippen LogP contribution in [0.15, 0.2) is 24.3 Å². The molecular weight excluding hydrogens is 825 g/mol. The van der Waals surface area contributed by atoms with Crippen molar-refractivity contribution < 1.29 is 56.2 Å². The first-order valence-electron chi connectivity index (χ1n) is 25.6. The van der Waals surface area contributed by atoms with Gasteiger partial charge in [-0.1, -0.05) is 199 Å². The summed E-state index contributed by atoms with van der Waals surface area (Å²) in [5, 5.41) is 30.7. The Morgan fingerprint density at radius 2 is 1.05 bits per heavy atom. The highest BCUT2D eigenvalue weighted by Crippen LogP contribution is 2.26. The van der Waals surface area contributed by atoms with Crippen molar-refractivity contribution in [1.29, 1.82) is 0 Å². The monoisotopic (exact) mass is 919 g/mol. The second kappa shape index (κ2) is 42.0. The maximum atomic E-state index is 12.9. The summed E-state index contributed by atoms with van der Waals surface area (Å²) in [5.41, 5.74) is 0. The summed E-state index contributed by atoms with van der Waals surface area (Å²) in [6.45, 7) is 4.00. The largest absolute Gasteiger partial charge is 0.457 e. The molecule has 0 aromatic heterocycles. The smallest absolute Gasteiger partial charge is 0.397 e. The molecule has 1 rings (SSSR count). The number of carbonyl (C=O) groups is 1. The lowest BCUT2D eigenvalue weighted by atomic mass is 9.99. The second-order valence-electron chi connectivity index (χ2n) is 17.8. The van der Waals surface area contributed by atoms with Gasteiger partial charge in [0, 0.05) is 13.0 Å². The van der Waals surface area contributed by atoms with E-state index in [4.69, 9.17) is 18.9 Å². The van der Waals surface area contributed by atoms with Crippen LogP contribution in [0.5, 0.6) is 0 Å². The molecule has 6 atom stereocenters. The van der Waals surface area contributed by atoms with E-state index in [1.165, 1.54) is 148 Å². The molecule has 1 saturated heterocycles. The standard InChI is InChI=1S/C50H94O12S/c1-3-5-7-9-11-13-15-17-19-21-22-23-25-27-29-31-33-35-37-39-46(52)60-44(43-59-50-48(54)49(62-63(55,56)57)47(53)45(41-51)61-50)42-58-40-38-36-34-32-30-28-26-24-20-18-16-14-12-10-8-6-4-2/h11,13,17,19,44-45,47-51,53-54H,3-10,12,14-16,18,20-43H2,1-2H3,(H,55,56,57)/b13-11-,19-17-. The van der Waals surface area contributed by atoms with E-state index in [2.05, 4.69) is 42.3 Å². The van der Waals surface area contributed by atoms with Gasteiger partial charge in [-0.2, -0.15) is 8.42 Å². The molecule has 372 valence electrons. The average Bonchev–Trinajstić information content (AvgIpc) is 3.26. The Bertz CT molecular complexity index is 1200. The highest BCUT2D eigenvalue weighted by Gasteiger charge is 2.48. The van der Waals surface area contributed by atoms with Crippen molar-refractivity contribution in [2.75, 3.05) is 26.4 Å². The Morgan fingerprint density at radius 1 is 0.603 bits per heavy atom. The van der Waals surface area contributed by atoms with Gasteiger partial charge in [0.1, 0.15) is 30.5 Å². The molecule has 1 heterocycles. The number of hydrogen-bond donors (Lipinski definition) is 4. The summed E-state index contributed by atoms with van der Waals surface area (Å²) in [6, 6.07) is 0. The first kappa shape index (κ1) is 59.6. The number of unbranched alkanes of at least 4 members (excludes halogenated alkanes) is 28. The molecule has 0 aromatic carbocycles. The minimum absolute atomic E-state index is 0.0389. The van der Waals surface area contributed by atoms with E-state index in [0.717, 1.165) is 51.4 Å². The van der Waals surface area contributed by atoms with E-state index < -0.39 is 59.8 Å². The Labute approximate surface area is 384 Å². The van der Waals surface area contributed by atoms with Crippen LogP contribution in [0, 0.1) is 0 Å². The van der Waals surface area contributed by atoms with Crippen molar-refractivity contribution in [3.05, 3.63) is 24.3 Å². The van der Waals surface area contributed by atoms with Crippen molar-refractivity contribution in [2.45, 2.75) is 263 Å². The molecular formula is C50H94O12S. The minimum atomic E-state index is -5.06. The number of rotatable bonds is 45. The maximum Gasteiger partial charge on any atom is 0.397 e. The molecule has 63 heavy (non-hydrogen) atoms. The molecule has 4 N–H and O–H groups in total. The third-order valence-electron chi connectivity index (χ3n) is 11.8. The van der Waals surface area contributed by atoms with Gasteiger partial charge in [-0.05, 0) is 44.9 Å². The number of aliphatic hydroxyl groups excluding tert-OH is 3. The molecule has 0 aromatic rings. The Morgan fingerprint density at radius 3 is 1.54 bits per heavy atom. The fourth-order valence-electron chi connectivity index (χ4n) is 7.94. The number of aliphatic hydroxyl groups is 3. The zero-order valence-electron chi connectivity index (χ0n) is 39.9. The number of allylic oxidation sites excluding steroid dienone is 4. The summed E-state index contributed by atoms with van der Waals surface area (Å²) in [4.78, 5) is 12.9. The SMILES string of the molecule is CCCCC/C=C\C/C=C\CCCCCCCCCCCC(=O)OC(COCCCCCCCCCCCCCCCCCCC)COC1OC(CO)C(O)C(OS(=O)(=O)O)C1O. The van der Waals surface area contributed by atoms with Gasteiger partial charge < -0.3 is 34.3 Å². The van der Waals surface area contributed by atoms with E-state index in [-0.39, 0.29) is 19.6 Å². The Hall–Kier alpha value is -1.42. The number of ether oxygens (including phenoxy) is 4. The van der Waals surface area contributed by atoms with E-state index in [1.807, 2.05) is 0 Å². The Balaban J connectivity index is 2.36. The van der Waals surface area contributed by atoms with Crippen LogP contribution >= 0.6 is 0 Å². The molecule has 0 spiro atoms. The van der Waals surface area contributed by atoms with Gasteiger partial charge in [0.2, 0.25) is 0 Å². The molecule has 0 bridgehead atoms. The van der Waals surface area contributed by atoms with Crippen molar-refractivity contribution in [3.8, 4) is 0 Å². The molecule has 12 nitrogen and oxygen atoms in total. The van der Waals surface area contributed by atoms with Crippen LogP contribution in [0.2, 0.25) is 0 Å². The lowest BCUT2D eigenvalue weighted by Gasteiger charge is -2.41.